The predicted octanol–water partition coefficient (Wildman–Crippen LogP) is 3.41. The van der Waals surface area contributed by atoms with Crippen molar-refractivity contribution < 1.29 is 13.2 Å². The van der Waals surface area contributed by atoms with Crippen molar-refractivity contribution in [1.29, 1.82) is 0 Å². The first-order chi connectivity index (χ1) is 17.2. The lowest BCUT2D eigenvalue weighted by Gasteiger charge is -2.36. The molecule has 0 unspecified atom stereocenters. The molecule has 1 N–H and O–H groups in total. The molecule has 12 heteroatoms. The lowest BCUT2D eigenvalue weighted by Crippen LogP contribution is -2.50. The molecule has 2 aromatic carbocycles. The van der Waals surface area contributed by atoms with E-state index in [1.54, 1.807) is 44.3 Å². The molecule has 5 rings (SSSR count). The third kappa shape index (κ3) is 4.57. The fourth-order valence-electron chi connectivity index (χ4n) is 4.10. The van der Waals surface area contributed by atoms with Gasteiger partial charge in [-0.3, -0.25) is 4.79 Å². The number of fused-ring (bicyclic) bond motifs is 1. The number of rotatable bonds is 6. The number of sulfonamides is 1. The van der Waals surface area contributed by atoms with Gasteiger partial charge in [0.05, 0.1) is 28.2 Å². The Hall–Kier alpha value is -3.41. The molecule has 0 saturated carbocycles. The summed E-state index contributed by atoms with van der Waals surface area (Å²) in [4.78, 5) is 23.1. The van der Waals surface area contributed by atoms with E-state index >= 15 is 0 Å². The van der Waals surface area contributed by atoms with Gasteiger partial charge in [-0.1, -0.05) is 29.8 Å². The summed E-state index contributed by atoms with van der Waals surface area (Å²) in [6, 6.07) is 14.4. The third-order valence-electron chi connectivity index (χ3n) is 6.07. The summed E-state index contributed by atoms with van der Waals surface area (Å²) in [5.74, 6) is 0.0317. The molecule has 0 atom stereocenters. The van der Waals surface area contributed by atoms with Gasteiger partial charge in [-0.05, 0) is 44.2 Å². The highest BCUT2D eigenvalue weighted by atomic mass is 35.5. The van der Waals surface area contributed by atoms with Crippen LogP contribution < -0.4 is 15.2 Å². The van der Waals surface area contributed by atoms with E-state index in [1.165, 1.54) is 8.99 Å². The number of aromatic nitrogens is 4. The van der Waals surface area contributed by atoms with Gasteiger partial charge in [0.25, 0.3) is 6.01 Å². The standard InChI is InChI=1S/C24H25ClN6O4S/c1-16(2)36(33,34)30-12-10-29(11-13-30)21-15-26-31(18-7-5-6-17(25)14-18)23(32)22(21)35-24-27-19-8-3-4-9-20(19)28-24/h3-9,14-16H,10-13H2,1-2H3,(H,27,28). The number of imidazole rings is 1. The number of ether oxygens (including phenoxy) is 1. The molecule has 0 bridgehead atoms. The van der Waals surface area contributed by atoms with Crippen LogP contribution in [-0.2, 0) is 10.0 Å². The molecule has 2 aromatic heterocycles. The highest BCUT2D eigenvalue weighted by Crippen LogP contribution is 2.30. The third-order valence-corrected chi connectivity index (χ3v) is 8.58. The predicted molar refractivity (Wildman–Crippen MR) is 139 cm³/mol. The fourth-order valence-corrected chi connectivity index (χ4v) is 5.55. The number of anilines is 1. The first kappa shape index (κ1) is 24.3. The van der Waals surface area contributed by atoms with Crippen LogP contribution in [0.3, 0.4) is 0 Å². The summed E-state index contributed by atoms with van der Waals surface area (Å²) in [5.41, 5.74) is 1.92. The summed E-state index contributed by atoms with van der Waals surface area (Å²) in [6.45, 7) is 4.68. The minimum absolute atomic E-state index is 0.0317. The van der Waals surface area contributed by atoms with E-state index in [-0.39, 0.29) is 11.8 Å². The molecule has 1 aliphatic rings. The zero-order valence-corrected chi connectivity index (χ0v) is 21.3. The van der Waals surface area contributed by atoms with Crippen LogP contribution in [0.25, 0.3) is 16.7 Å². The van der Waals surface area contributed by atoms with Crippen LogP contribution in [0.4, 0.5) is 5.69 Å². The van der Waals surface area contributed by atoms with Crippen molar-refractivity contribution in [2.75, 3.05) is 31.1 Å². The van der Waals surface area contributed by atoms with E-state index in [2.05, 4.69) is 15.1 Å². The highest BCUT2D eigenvalue weighted by Gasteiger charge is 2.31. The van der Waals surface area contributed by atoms with Gasteiger partial charge in [0.1, 0.15) is 5.69 Å². The number of benzene rings is 2. The average molecular weight is 529 g/mol. The second-order valence-electron chi connectivity index (χ2n) is 8.70. The van der Waals surface area contributed by atoms with Gasteiger partial charge < -0.3 is 14.6 Å². The number of halogens is 1. The summed E-state index contributed by atoms with van der Waals surface area (Å²) >= 11 is 6.14. The van der Waals surface area contributed by atoms with E-state index in [9.17, 15) is 13.2 Å². The number of piperazine rings is 1. The lowest BCUT2D eigenvalue weighted by molar-refractivity contribution is 0.376. The fraction of sp³-hybridized carbons (Fsp3) is 0.292. The normalized spacial score (nSPS) is 15.1. The Morgan fingerprint density at radius 1 is 1.06 bits per heavy atom. The number of nitrogens with zero attached hydrogens (tertiary/aromatic N) is 5. The summed E-state index contributed by atoms with van der Waals surface area (Å²) in [7, 11) is -3.37. The Balaban J connectivity index is 1.53. The molecule has 1 aliphatic heterocycles. The van der Waals surface area contributed by atoms with Crippen molar-refractivity contribution >= 4 is 38.3 Å². The number of hydrogen-bond donors (Lipinski definition) is 1. The van der Waals surface area contributed by atoms with Crippen molar-refractivity contribution in [3.8, 4) is 17.4 Å². The average Bonchev–Trinajstić information content (AvgIpc) is 3.28. The molecule has 0 aliphatic carbocycles. The molecule has 10 nitrogen and oxygen atoms in total. The highest BCUT2D eigenvalue weighted by molar-refractivity contribution is 7.89. The van der Waals surface area contributed by atoms with Crippen LogP contribution >= 0.6 is 11.6 Å². The van der Waals surface area contributed by atoms with Crippen molar-refractivity contribution in [1.82, 2.24) is 24.1 Å². The number of nitrogens with one attached hydrogen (secondary N) is 1. The van der Waals surface area contributed by atoms with Crippen LogP contribution in [-0.4, -0.2) is 63.9 Å². The topological polar surface area (TPSA) is 113 Å². The Bertz CT molecular complexity index is 1540. The van der Waals surface area contributed by atoms with E-state index in [1.807, 2.05) is 29.2 Å². The number of hydrogen-bond acceptors (Lipinski definition) is 7. The van der Waals surface area contributed by atoms with Gasteiger partial charge in [-0.15, -0.1) is 0 Å². The van der Waals surface area contributed by atoms with E-state index in [4.69, 9.17) is 16.3 Å². The minimum atomic E-state index is -3.37. The maximum Gasteiger partial charge on any atom is 0.316 e. The second-order valence-corrected chi connectivity index (χ2v) is 11.6. The Morgan fingerprint density at radius 3 is 2.50 bits per heavy atom. The van der Waals surface area contributed by atoms with Gasteiger partial charge in [-0.2, -0.15) is 19.1 Å². The molecular weight excluding hydrogens is 504 g/mol. The second kappa shape index (κ2) is 9.57. The molecular formula is C24H25ClN6O4S. The minimum Gasteiger partial charge on any atom is -0.417 e. The number of H-pyrrole nitrogens is 1. The molecule has 0 radical (unpaired) electrons. The van der Waals surface area contributed by atoms with E-state index in [0.29, 0.717) is 48.1 Å². The summed E-state index contributed by atoms with van der Waals surface area (Å²) in [5, 5.41) is 4.33. The van der Waals surface area contributed by atoms with Crippen molar-refractivity contribution in [2.24, 2.45) is 0 Å². The first-order valence-electron chi connectivity index (χ1n) is 11.5. The smallest absolute Gasteiger partial charge is 0.316 e. The molecule has 188 valence electrons. The monoisotopic (exact) mass is 528 g/mol. The molecule has 1 fully saturated rings. The lowest BCUT2D eigenvalue weighted by atomic mass is 10.3. The van der Waals surface area contributed by atoms with Crippen LogP contribution in [0.15, 0.2) is 59.5 Å². The molecule has 0 spiro atoms. The largest absolute Gasteiger partial charge is 0.417 e. The summed E-state index contributed by atoms with van der Waals surface area (Å²) in [6.07, 6.45) is 1.55. The zero-order valence-electron chi connectivity index (χ0n) is 19.8. The van der Waals surface area contributed by atoms with E-state index < -0.39 is 20.8 Å². The zero-order chi connectivity index (χ0) is 25.4. The quantitative estimate of drug-likeness (QED) is 0.408. The van der Waals surface area contributed by atoms with Gasteiger partial charge in [0.15, 0.2) is 0 Å². The van der Waals surface area contributed by atoms with Crippen LogP contribution in [0.2, 0.25) is 5.02 Å². The molecule has 36 heavy (non-hydrogen) atoms. The van der Waals surface area contributed by atoms with Gasteiger partial charge in [0.2, 0.25) is 15.8 Å². The van der Waals surface area contributed by atoms with Crippen LogP contribution in [0, 0.1) is 0 Å². The van der Waals surface area contributed by atoms with Gasteiger partial charge >= 0.3 is 5.56 Å². The SMILES string of the molecule is CC(C)S(=O)(=O)N1CCN(c2cnn(-c3cccc(Cl)c3)c(=O)c2Oc2nc3ccccc3[nH]2)CC1. The Kier molecular flexibility index (Phi) is 6.45. The summed E-state index contributed by atoms with van der Waals surface area (Å²) < 4.78 is 34.0. The van der Waals surface area contributed by atoms with Crippen molar-refractivity contribution in [2.45, 2.75) is 19.1 Å². The van der Waals surface area contributed by atoms with Crippen molar-refractivity contribution in [3.05, 3.63) is 70.1 Å². The van der Waals surface area contributed by atoms with E-state index in [0.717, 1.165) is 5.52 Å². The number of aromatic amines is 1. The first-order valence-corrected chi connectivity index (χ1v) is 13.4. The molecule has 0 amide bonds. The molecule has 4 aromatic rings. The molecule has 1 saturated heterocycles. The van der Waals surface area contributed by atoms with Gasteiger partial charge in [0, 0.05) is 31.2 Å². The maximum atomic E-state index is 13.6. The van der Waals surface area contributed by atoms with Gasteiger partial charge in [-0.25, -0.2) is 8.42 Å². The number of para-hydroxylation sites is 2. The Morgan fingerprint density at radius 2 is 1.81 bits per heavy atom. The molecule has 3 heterocycles. The van der Waals surface area contributed by atoms with Crippen LogP contribution in [0.5, 0.6) is 11.8 Å². The van der Waals surface area contributed by atoms with Crippen molar-refractivity contribution in [3.63, 3.8) is 0 Å². The Labute approximate surface area is 213 Å². The van der Waals surface area contributed by atoms with Crippen LogP contribution in [0.1, 0.15) is 13.8 Å². The maximum absolute atomic E-state index is 13.6.